The highest BCUT2D eigenvalue weighted by atomic mass is 32.1. The smallest absolute Gasteiger partial charge is 0.439 e. The van der Waals surface area contributed by atoms with Crippen LogP contribution in [0.5, 0.6) is 11.5 Å². The maximum atomic E-state index is 15.4. The van der Waals surface area contributed by atoms with E-state index in [1.54, 1.807) is 11.8 Å². The van der Waals surface area contributed by atoms with Crippen LogP contribution < -0.4 is 15.2 Å². The molecule has 260 valence electrons. The molecule has 1 unspecified atom stereocenters. The Morgan fingerprint density at radius 2 is 1.62 bits per heavy atom. The van der Waals surface area contributed by atoms with Crippen LogP contribution in [0.15, 0.2) is 21.5 Å². The molecule has 0 bridgehead atoms. The molecule has 3 heterocycles. The molecule has 0 spiro atoms. The summed E-state index contributed by atoms with van der Waals surface area (Å²) in [6.45, 7) is -1.22. The summed E-state index contributed by atoms with van der Waals surface area (Å²) in [7, 11) is 0. The zero-order chi connectivity index (χ0) is 34.1. The van der Waals surface area contributed by atoms with Gasteiger partial charge in [0.05, 0.1) is 33.0 Å². The number of nitrogens with one attached hydrogen (secondary N) is 1. The van der Waals surface area contributed by atoms with Gasteiger partial charge < -0.3 is 9.47 Å². The number of thiazole rings is 1. The van der Waals surface area contributed by atoms with Crippen LogP contribution in [-0.4, -0.2) is 52.1 Å². The summed E-state index contributed by atoms with van der Waals surface area (Å²) in [6.07, 6.45) is -9.19. The molecule has 1 aliphatic heterocycles. The van der Waals surface area contributed by atoms with Gasteiger partial charge in [-0.2, -0.15) is 35.1 Å². The van der Waals surface area contributed by atoms with Gasteiger partial charge in [0.15, 0.2) is 17.4 Å². The minimum absolute atomic E-state index is 0.0711. The Labute approximate surface area is 266 Å². The zero-order valence-electron chi connectivity index (χ0n) is 24.9. The summed E-state index contributed by atoms with van der Waals surface area (Å²) in [5.74, 6) is -6.59. The van der Waals surface area contributed by atoms with Gasteiger partial charge in [0, 0.05) is 18.5 Å². The number of hydrogen-bond donors (Lipinski definition) is 1. The molecule has 0 radical (unpaired) electrons. The predicted octanol–water partition coefficient (Wildman–Crippen LogP) is 8.37. The quantitative estimate of drug-likeness (QED) is 0.212. The average molecular weight is 703 g/mol. The lowest BCUT2D eigenvalue weighted by molar-refractivity contribution is -0.185. The van der Waals surface area contributed by atoms with Gasteiger partial charge in [0.25, 0.3) is 0 Å². The maximum Gasteiger partial charge on any atom is 0.439 e. The van der Waals surface area contributed by atoms with E-state index in [2.05, 4.69) is 19.4 Å². The maximum absolute atomic E-state index is 15.4. The Kier molecular flexibility index (Phi) is 10.5. The molecule has 1 N–H and O–H groups in total. The van der Waals surface area contributed by atoms with Crippen LogP contribution in [0.3, 0.4) is 0 Å². The third-order valence-corrected chi connectivity index (χ3v) is 9.94. The molecule has 2 aliphatic rings. The van der Waals surface area contributed by atoms with Crippen LogP contribution in [0.2, 0.25) is 0 Å². The molecule has 1 saturated carbocycles. The molecule has 1 saturated heterocycles. The Bertz CT molecular complexity index is 1560. The summed E-state index contributed by atoms with van der Waals surface area (Å²) in [4.78, 5) is 20.6. The fraction of sp³-hybridized carbons (Fsp3) is 0.621. The molecule has 0 amide bonds. The number of halogens is 9. The number of rotatable bonds is 10. The number of aromatic nitrogens is 3. The van der Waals surface area contributed by atoms with Gasteiger partial charge in [0.1, 0.15) is 11.9 Å². The van der Waals surface area contributed by atoms with E-state index in [-0.39, 0.29) is 81.9 Å². The molecule has 1 aliphatic carbocycles. The van der Waals surface area contributed by atoms with E-state index < -0.39 is 60.0 Å². The van der Waals surface area contributed by atoms with Crippen molar-refractivity contribution in [1.82, 2.24) is 20.0 Å². The molecule has 18 heteroatoms. The van der Waals surface area contributed by atoms with Crippen molar-refractivity contribution in [3.05, 3.63) is 44.1 Å². The number of piperidine rings is 1. The number of alkyl halides is 8. The number of H-pyrrole nitrogens is 1. The van der Waals surface area contributed by atoms with Crippen LogP contribution in [0.4, 0.5) is 39.5 Å². The average Bonchev–Trinajstić information content (AvgIpc) is 3.62. The van der Waals surface area contributed by atoms with Crippen molar-refractivity contribution in [2.45, 2.75) is 89.4 Å². The van der Waals surface area contributed by atoms with Gasteiger partial charge in [-0.15, -0.1) is 11.3 Å². The Hall–Kier alpha value is -3.28. The Morgan fingerprint density at radius 1 is 0.979 bits per heavy atom. The minimum atomic E-state index is -4.31. The lowest BCUT2D eigenvalue weighted by Gasteiger charge is -2.32. The standard InChI is InChI=1S/C29H31F9N4O4S/c1-2-20(44-22-12-21(45-26(31)32)17(11-18(22)30)24-40-27(43)46-41-24)23-19(13-42-9-7-16(8-10-42)29(36,37)38)39-25(47-23)14-3-5-15(6-4-14)28(33,34)35/h11-12,14-16,20,26H,2-10,13H2,1H3,(H,40,41,43)/t14-,15-,20?. The highest BCUT2D eigenvalue weighted by molar-refractivity contribution is 7.11. The third kappa shape index (κ3) is 8.42. The first-order valence-electron chi connectivity index (χ1n) is 15.0. The molecule has 8 nitrogen and oxygen atoms in total. The topological polar surface area (TPSA) is 93.5 Å². The number of ether oxygens (including phenoxy) is 2. The van der Waals surface area contributed by atoms with E-state index in [1.165, 1.54) is 11.3 Å². The van der Waals surface area contributed by atoms with Crippen LogP contribution in [-0.2, 0) is 6.54 Å². The number of likely N-dealkylation sites (tertiary alicyclic amines) is 1. The number of aromatic amines is 1. The van der Waals surface area contributed by atoms with E-state index in [9.17, 15) is 39.9 Å². The predicted molar refractivity (Wildman–Crippen MR) is 150 cm³/mol. The van der Waals surface area contributed by atoms with E-state index in [4.69, 9.17) is 9.72 Å². The van der Waals surface area contributed by atoms with E-state index >= 15 is 4.39 Å². The van der Waals surface area contributed by atoms with E-state index in [0.29, 0.717) is 15.6 Å². The second kappa shape index (κ2) is 14.1. The molecular formula is C29H31F9N4O4S. The van der Waals surface area contributed by atoms with Crippen LogP contribution in [0.1, 0.15) is 79.5 Å². The number of nitrogens with zero attached hydrogens (tertiary/aromatic N) is 3. The van der Waals surface area contributed by atoms with Gasteiger partial charge in [0.2, 0.25) is 0 Å². The van der Waals surface area contributed by atoms with Crippen molar-refractivity contribution in [3.8, 4) is 22.9 Å². The number of benzene rings is 1. The molecule has 3 aromatic rings. The summed E-state index contributed by atoms with van der Waals surface area (Å²) in [5.41, 5.74) is 0.105. The van der Waals surface area contributed by atoms with Crippen molar-refractivity contribution in [2.24, 2.45) is 11.8 Å². The summed E-state index contributed by atoms with van der Waals surface area (Å²) in [5, 5.41) is 3.94. The summed E-state index contributed by atoms with van der Waals surface area (Å²) in [6, 6.07) is 1.64. The fourth-order valence-corrected chi connectivity index (χ4v) is 7.40. The van der Waals surface area contributed by atoms with Crippen molar-refractivity contribution in [1.29, 1.82) is 0 Å². The first-order valence-corrected chi connectivity index (χ1v) is 15.8. The van der Waals surface area contributed by atoms with E-state index in [0.717, 1.165) is 12.1 Å². The minimum Gasteiger partial charge on any atom is -0.482 e. The monoisotopic (exact) mass is 702 g/mol. The van der Waals surface area contributed by atoms with Gasteiger partial charge in [-0.25, -0.2) is 14.2 Å². The van der Waals surface area contributed by atoms with E-state index in [1.807, 2.05) is 0 Å². The van der Waals surface area contributed by atoms with Crippen LogP contribution in [0.25, 0.3) is 11.4 Å². The largest absolute Gasteiger partial charge is 0.482 e. The highest BCUT2D eigenvalue weighted by Crippen LogP contribution is 2.46. The fourth-order valence-electron chi connectivity index (χ4n) is 6.04. The molecule has 1 aromatic carbocycles. The molecule has 1 atom stereocenters. The lowest BCUT2D eigenvalue weighted by Crippen LogP contribution is -2.38. The second-order valence-electron chi connectivity index (χ2n) is 11.7. The van der Waals surface area contributed by atoms with Gasteiger partial charge in [-0.1, -0.05) is 12.1 Å². The van der Waals surface area contributed by atoms with Crippen LogP contribution >= 0.6 is 11.3 Å². The molecule has 2 fully saturated rings. The van der Waals surface area contributed by atoms with Crippen molar-refractivity contribution in [2.75, 3.05) is 13.1 Å². The normalized spacial score (nSPS) is 20.9. The third-order valence-electron chi connectivity index (χ3n) is 8.59. The Balaban J connectivity index is 1.44. The summed E-state index contributed by atoms with van der Waals surface area (Å²) >= 11 is 1.18. The molecule has 2 aromatic heterocycles. The highest BCUT2D eigenvalue weighted by Gasteiger charge is 2.43. The molecular weight excluding hydrogens is 671 g/mol. The first kappa shape index (κ1) is 35.0. The van der Waals surface area contributed by atoms with Crippen molar-refractivity contribution >= 4 is 11.3 Å². The van der Waals surface area contributed by atoms with Gasteiger partial charge in [-0.05, 0) is 64.1 Å². The van der Waals surface area contributed by atoms with Crippen molar-refractivity contribution < 1.29 is 53.5 Å². The molecule has 5 rings (SSSR count). The van der Waals surface area contributed by atoms with Crippen molar-refractivity contribution in [3.63, 3.8) is 0 Å². The lowest BCUT2D eigenvalue weighted by atomic mass is 9.82. The first-order chi connectivity index (χ1) is 22.1. The van der Waals surface area contributed by atoms with Crippen LogP contribution in [0, 0.1) is 17.7 Å². The second-order valence-corrected chi connectivity index (χ2v) is 12.7. The molecule has 47 heavy (non-hydrogen) atoms. The Morgan fingerprint density at radius 3 is 2.17 bits per heavy atom. The zero-order valence-corrected chi connectivity index (χ0v) is 25.7. The number of hydrogen-bond acceptors (Lipinski definition) is 8. The summed E-state index contributed by atoms with van der Waals surface area (Å²) < 4.78 is 137. The SMILES string of the molecule is CCC(Oc1cc(OC(F)F)c(-c2noc(=O)[nH]2)cc1F)c1sc([C@H]2CC[C@H](C(F)(F)F)CC2)nc1CN1CCC(C(F)(F)F)CC1. The van der Waals surface area contributed by atoms with Gasteiger partial charge in [-0.3, -0.25) is 14.4 Å². The van der Waals surface area contributed by atoms with Gasteiger partial charge >= 0.3 is 24.7 Å².